The van der Waals surface area contributed by atoms with Gasteiger partial charge in [0, 0.05) is 6.54 Å². The molecule has 1 aromatic heterocycles. The first-order valence-electron chi connectivity index (χ1n) is 10.0. The highest BCUT2D eigenvalue weighted by Crippen LogP contribution is 2.28. The monoisotopic (exact) mass is 395 g/mol. The van der Waals surface area contributed by atoms with E-state index in [0.29, 0.717) is 11.5 Å². The molecule has 6 nitrogen and oxygen atoms in total. The van der Waals surface area contributed by atoms with Crippen molar-refractivity contribution < 1.29 is 14.3 Å². The molecule has 1 unspecified atom stereocenters. The number of aryl methyl sites for hydroxylation is 1. The van der Waals surface area contributed by atoms with Gasteiger partial charge in [-0.25, -0.2) is 4.98 Å². The van der Waals surface area contributed by atoms with E-state index in [1.54, 1.807) is 14.2 Å². The molecule has 2 aromatic carbocycles. The lowest BCUT2D eigenvalue weighted by Crippen LogP contribution is -2.30. The Morgan fingerprint density at radius 1 is 1.14 bits per heavy atom. The number of nitrogens with zero attached hydrogens (tertiary/aromatic N) is 2. The van der Waals surface area contributed by atoms with E-state index in [1.165, 1.54) is 0 Å². The minimum atomic E-state index is -0.188. The Bertz CT molecular complexity index is 981. The van der Waals surface area contributed by atoms with E-state index in [-0.39, 0.29) is 18.4 Å². The highest BCUT2D eigenvalue weighted by atomic mass is 16.5. The van der Waals surface area contributed by atoms with Crippen LogP contribution in [0.1, 0.15) is 44.1 Å². The Morgan fingerprint density at radius 3 is 2.62 bits per heavy atom. The number of benzene rings is 2. The third-order valence-corrected chi connectivity index (χ3v) is 5.00. The lowest BCUT2D eigenvalue weighted by molar-refractivity contribution is -0.121. The van der Waals surface area contributed by atoms with Gasteiger partial charge in [-0.15, -0.1) is 0 Å². The summed E-state index contributed by atoms with van der Waals surface area (Å²) in [6.45, 7) is 5.05. The summed E-state index contributed by atoms with van der Waals surface area (Å²) >= 11 is 0. The number of aromatic nitrogens is 2. The molecule has 0 aliphatic carbocycles. The fourth-order valence-corrected chi connectivity index (χ4v) is 3.51. The summed E-state index contributed by atoms with van der Waals surface area (Å²) in [6, 6.07) is 13.4. The molecule has 154 valence electrons. The molecule has 29 heavy (non-hydrogen) atoms. The molecule has 0 radical (unpaired) electrons. The molecule has 0 aliphatic heterocycles. The van der Waals surface area contributed by atoms with Gasteiger partial charge in [0.25, 0.3) is 0 Å². The molecule has 1 N–H and O–H groups in total. The van der Waals surface area contributed by atoms with E-state index >= 15 is 0 Å². The van der Waals surface area contributed by atoms with Gasteiger partial charge in [-0.3, -0.25) is 4.79 Å². The first-order chi connectivity index (χ1) is 14.1. The predicted octanol–water partition coefficient (Wildman–Crippen LogP) is 4.27. The smallest absolute Gasteiger partial charge is 0.224 e. The molecule has 1 atom stereocenters. The molecular weight excluding hydrogens is 366 g/mol. The zero-order valence-corrected chi connectivity index (χ0v) is 17.6. The number of hydrogen-bond donors (Lipinski definition) is 1. The summed E-state index contributed by atoms with van der Waals surface area (Å²) < 4.78 is 12.8. The molecule has 3 rings (SSSR count). The van der Waals surface area contributed by atoms with Gasteiger partial charge in [-0.1, -0.05) is 31.5 Å². The maximum Gasteiger partial charge on any atom is 0.224 e. The number of carbonyl (C=O) groups is 1. The van der Waals surface area contributed by atoms with Gasteiger partial charge < -0.3 is 19.4 Å². The third-order valence-electron chi connectivity index (χ3n) is 5.00. The van der Waals surface area contributed by atoms with E-state index in [4.69, 9.17) is 14.5 Å². The van der Waals surface area contributed by atoms with Crippen LogP contribution in [0.2, 0.25) is 0 Å². The molecule has 0 bridgehead atoms. The normalized spacial score (nSPS) is 12.0. The number of amides is 1. The fourth-order valence-electron chi connectivity index (χ4n) is 3.51. The van der Waals surface area contributed by atoms with Crippen LogP contribution in [0.3, 0.4) is 0 Å². The number of para-hydroxylation sites is 2. The minimum absolute atomic E-state index is 0.0567. The Labute approximate surface area is 171 Å². The number of fused-ring (bicyclic) bond motifs is 1. The van der Waals surface area contributed by atoms with Gasteiger partial charge in [0.05, 0.1) is 37.7 Å². The number of carbonyl (C=O) groups excluding carboxylic acids is 1. The van der Waals surface area contributed by atoms with E-state index < -0.39 is 0 Å². The van der Waals surface area contributed by atoms with Crippen molar-refractivity contribution >= 4 is 16.9 Å². The maximum atomic E-state index is 12.7. The van der Waals surface area contributed by atoms with Crippen LogP contribution in [-0.4, -0.2) is 29.7 Å². The van der Waals surface area contributed by atoms with Gasteiger partial charge in [0.2, 0.25) is 5.91 Å². The molecule has 0 fully saturated rings. The highest BCUT2D eigenvalue weighted by Gasteiger charge is 2.18. The van der Waals surface area contributed by atoms with Crippen LogP contribution in [0.4, 0.5) is 0 Å². The van der Waals surface area contributed by atoms with Gasteiger partial charge in [0.15, 0.2) is 11.5 Å². The number of rotatable bonds is 9. The molecule has 3 aromatic rings. The number of unbranched alkanes of at least 4 members (excludes halogenated alkanes) is 1. The van der Waals surface area contributed by atoms with Crippen LogP contribution >= 0.6 is 0 Å². The molecule has 1 amide bonds. The second kappa shape index (κ2) is 9.45. The fraction of sp³-hybridized carbons (Fsp3) is 0.391. The van der Waals surface area contributed by atoms with Gasteiger partial charge in [-0.05, 0) is 43.2 Å². The summed E-state index contributed by atoms with van der Waals surface area (Å²) in [5, 5.41) is 3.09. The van der Waals surface area contributed by atoms with Gasteiger partial charge in [0.1, 0.15) is 5.82 Å². The number of nitrogens with one attached hydrogen (secondary N) is 1. The predicted molar refractivity (Wildman–Crippen MR) is 114 cm³/mol. The standard InChI is InChI=1S/C23H29N3O3/c1-5-6-13-26-19-10-8-7-9-18(19)25-23(26)16(2)24-22(27)15-17-11-12-20(28-3)21(14-17)29-4/h7-12,14,16H,5-6,13,15H2,1-4H3,(H,24,27). The highest BCUT2D eigenvalue weighted by molar-refractivity contribution is 5.80. The SMILES string of the molecule is CCCCn1c(C(C)NC(=O)Cc2ccc(OC)c(OC)c2)nc2ccccc21. The summed E-state index contributed by atoms with van der Waals surface area (Å²) in [7, 11) is 3.18. The Kier molecular flexibility index (Phi) is 6.75. The lowest BCUT2D eigenvalue weighted by Gasteiger charge is -2.16. The van der Waals surface area contributed by atoms with E-state index in [0.717, 1.165) is 41.8 Å². The second-order valence-electron chi connectivity index (χ2n) is 7.12. The Morgan fingerprint density at radius 2 is 1.90 bits per heavy atom. The summed E-state index contributed by atoms with van der Waals surface area (Å²) in [6.07, 6.45) is 2.44. The van der Waals surface area contributed by atoms with Crippen LogP contribution in [-0.2, 0) is 17.8 Å². The Hall–Kier alpha value is -3.02. The van der Waals surface area contributed by atoms with Crippen molar-refractivity contribution in [3.63, 3.8) is 0 Å². The first kappa shape index (κ1) is 20.7. The van der Waals surface area contributed by atoms with Crippen LogP contribution < -0.4 is 14.8 Å². The van der Waals surface area contributed by atoms with Crippen molar-refractivity contribution in [1.29, 1.82) is 0 Å². The summed E-state index contributed by atoms with van der Waals surface area (Å²) in [5.74, 6) is 2.10. The van der Waals surface area contributed by atoms with Crippen LogP contribution in [0.5, 0.6) is 11.5 Å². The molecule has 6 heteroatoms. The summed E-state index contributed by atoms with van der Waals surface area (Å²) in [4.78, 5) is 17.5. The quantitative estimate of drug-likeness (QED) is 0.587. The van der Waals surface area contributed by atoms with Crippen molar-refractivity contribution in [2.24, 2.45) is 0 Å². The number of hydrogen-bond acceptors (Lipinski definition) is 4. The zero-order valence-electron chi connectivity index (χ0n) is 17.6. The lowest BCUT2D eigenvalue weighted by atomic mass is 10.1. The maximum absolute atomic E-state index is 12.7. The van der Waals surface area contributed by atoms with Crippen molar-refractivity contribution in [2.75, 3.05) is 14.2 Å². The zero-order chi connectivity index (χ0) is 20.8. The van der Waals surface area contributed by atoms with Crippen LogP contribution in [0.25, 0.3) is 11.0 Å². The van der Waals surface area contributed by atoms with Crippen LogP contribution in [0, 0.1) is 0 Å². The number of ether oxygens (including phenoxy) is 2. The van der Waals surface area contributed by atoms with Crippen molar-refractivity contribution in [3.8, 4) is 11.5 Å². The van der Waals surface area contributed by atoms with Gasteiger partial charge in [-0.2, -0.15) is 0 Å². The average Bonchev–Trinajstić information content (AvgIpc) is 3.10. The minimum Gasteiger partial charge on any atom is -0.493 e. The molecule has 0 saturated heterocycles. The number of methoxy groups -OCH3 is 2. The molecule has 0 aliphatic rings. The largest absolute Gasteiger partial charge is 0.493 e. The van der Waals surface area contributed by atoms with Crippen LogP contribution in [0.15, 0.2) is 42.5 Å². The average molecular weight is 396 g/mol. The van der Waals surface area contributed by atoms with Crippen molar-refractivity contribution in [2.45, 2.75) is 45.7 Å². The van der Waals surface area contributed by atoms with Crippen molar-refractivity contribution in [1.82, 2.24) is 14.9 Å². The number of imidazole rings is 1. The molecular formula is C23H29N3O3. The van der Waals surface area contributed by atoms with E-state index in [2.05, 4.69) is 22.9 Å². The Balaban J connectivity index is 1.76. The first-order valence-corrected chi connectivity index (χ1v) is 10.0. The molecule has 0 saturated carbocycles. The topological polar surface area (TPSA) is 65.4 Å². The third kappa shape index (κ3) is 4.70. The molecule has 1 heterocycles. The summed E-state index contributed by atoms with van der Waals surface area (Å²) in [5.41, 5.74) is 2.93. The molecule has 0 spiro atoms. The van der Waals surface area contributed by atoms with Crippen molar-refractivity contribution in [3.05, 3.63) is 53.9 Å². The van der Waals surface area contributed by atoms with Gasteiger partial charge >= 0.3 is 0 Å². The van der Waals surface area contributed by atoms with E-state index in [9.17, 15) is 4.79 Å². The second-order valence-corrected chi connectivity index (χ2v) is 7.12. The van der Waals surface area contributed by atoms with E-state index in [1.807, 2.05) is 43.3 Å².